The lowest BCUT2D eigenvalue weighted by Crippen LogP contribution is -2.65. The lowest BCUT2D eigenvalue weighted by atomic mass is 9.38. The number of hydrogen-bond acceptors (Lipinski definition) is 29. The van der Waals surface area contributed by atoms with E-state index >= 15 is 0 Å². The van der Waals surface area contributed by atoms with E-state index in [4.69, 9.17) is 47.4 Å². The number of fused-ring (bicyclic) bond motifs is 5. The fraction of sp³-hybridized carbons (Fsp3) is 0.967. The summed E-state index contributed by atoms with van der Waals surface area (Å²) in [5, 5.41) is 205. The Hall–Kier alpha value is -1.42. The van der Waals surface area contributed by atoms with Gasteiger partial charge in [-0.05, 0) is 99.7 Å². The summed E-state index contributed by atoms with van der Waals surface area (Å²) in [6.45, 7) is 12.6. The van der Waals surface area contributed by atoms with Crippen molar-refractivity contribution < 1.29 is 144 Å². The van der Waals surface area contributed by atoms with E-state index in [1.165, 1.54) is 13.8 Å². The molecule has 3 saturated carbocycles. The van der Waals surface area contributed by atoms with E-state index in [1.54, 1.807) is 0 Å². The van der Waals surface area contributed by atoms with Crippen molar-refractivity contribution in [1.82, 2.24) is 0 Å². The maximum atomic E-state index is 12.8. The average Bonchev–Trinajstić information content (AvgIpc) is 1.66. The molecule has 0 bridgehead atoms. The molecule has 89 heavy (non-hydrogen) atoms. The van der Waals surface area contributed by atoms with Crippen LogP contribution in [0.2, 0.25) is 0 Å². The molecule has 0 amide bonds. The quantitative estimate of drug-likeness (QED) is 0.0506. The molecule has 4 aliphatic carbocycles. The number of aliphatic hydroxyl groups excluding tert-OH is 18. The van der Waals surface area contributed by atoms with Crippen molar-refractivity contribution in [2.45, 2.75) is 284 Å². The van der Waals surface area contributed by atoms with E-state index in [-0.39, 0.29) is 35.5 Å². The molecule has 0 spiro atoms. The van der Waals surface area contributed by atoms with Crippen molar-refractivity contribution >= 4 is 0 Å². The van der Waals surface area contributed by atoms with Gasteiger partial charge in [0.15, 0.2) is 31.5 Å². The zero-order chi connectivity index (χ0) is 65.5. The highest BCUT2D eigenvalue weighted by Crippen LogP contribution is 2.75. The van der Waals surface area contributed by atoms with Crippen molar-refractivity contribution in [3.8, 4) is 0 Å². The Balaban J connectivity index is 0.883. The predicted octanol–water partition coefficient (Wildman–Crippen LogP) is -5.41. The highest BCUT2D eigenvalue weighted by Gasteiger charge is 2.70. The second-order valence-electron chi connectivity index (χ2n) is 28.7. The summed E-state index contributed by atoms with van der Waals surface area (Å²) in [6.07, 6.45) is -37.4. The molecular weight excluding hydrogens is 1180 g/mol. The monoisotopic (exact) mass is 1290 g/mol. The minimum absolute atomic E-state index is 0.0310. The van der Waals surface area contributed by atoms with Crippen LogP contribution in [0.15, 0.2) is 11.6 Å². The van der Waals surface area contributed by atoms with Gasteiger partial charge >= 0.3 is 0 Å². The number of rotatable bonds is 20. The third-order valence-corrected chi connectivity index (χ3v) is 22.9. The summed E-state index contributed by atoms with van der Waals surface area (Å²) in [6, 6.07) is 0. The van der Waals surface area contributed by atoms with Crippen LogP contribution in [0.25, 0.3) is 0 Å². The lowest BCUT2D eigenvalue weighted by Gasteiger charge is -2.67. The van der Waals surface area contributed by atoms with Crippen molar-refractivity contribution in [3.05, 3.63) is 11.6 Å². The van der Waals surface area contributed by atoms with E-state index in [0.29, 0.717) is 32.1 Å². The summed E-state index contributed by atoms with van der Waals surface area (Å²) in [5.74, 6) is -0.0172. The molecule has 5 aliphatic heterocycles. The zero-order valence-corrected chi connectivity index (χ0v) is 51.8. The normalized spacial score (nSPS) is 51.8. The van der Waals surface area contributed by atoms with E-state index in [9.17, 15) is 97.0 Å². The van der Waals surface area contributed by atoms with E-state index in [0.717, 1.165) is 18.4 Å². The Morgan fingerprint density at radius 2 is 0.955 bits per heavy atom. The van der Waals surface area contributed by atoms with Gasteiger partial charge in [0.2, 0.25) is 0 Å². The van der Waals surface area contributed by atoms with Crippen LogP contribution < -0.4 is 0 Å². The van der Waals surface area contributed by atoms with Gasteiger partial charge in [0.05, 0.1) is 56.9 Å². The Kier molecular flexibility index (Phi) is 22.3. The molecule has 0 aromatic rings. The average molecular weight is 1290 g/mol. The van der Waals surface area contributed by atoms with Gasteiger partial charge in [0, 0.05) is 10.8 Å². The minimum Gasteiger partial charge on any atom is -0.394 e. The van der Waals surface area contributed by atoms with Crippen LogP contribution in [-0.2, 0) is 47.4 Å². The van der Waals surface area contributed by atoms with Crippen molar-refractivity contribution in [2.75, 3.05) is 33.0 Å². The molecule has 3 unspecified atom stereocenters. The maximum absolute atomic E-state index is 12.8. The topological polar surface area (TPSA) is 477 Å². The number of aliphatic hydroxyl groups is 19. The van der Waals surface area contributed by atoms with Gasteiger partial charge in [0.25, 0.3) is 0 Å². The summed E-state index contributed by atoms with van der Waals surface area (Å²) in [5.41, 5.74) is -2.49. The summed E-state index contributed by atoms with van der Waals surface area (Å²) < 4.78 is 59.3. The molecule has 29 heteroatoms. The van der Waals surface area contributed by atoms with E-state index in [1.807, 2.05) is 13.8 Å². The van der Waals surface area contributed by atoms with Crippen LogP contribution in [0.3, 0.4) is 0 Å². The molecule has 9 rings (SSSR count). The highest BCUT2D eigenvalue weighted by atomic mass is 16.8. The molecule has 9 aliphatic rings. The predicted molar refractivity (Wildman–Crippen MR) is 300 cm³/mol. The first-order valence-electron chi connectivity index (χ1n) is 31.6. The van der Waals surface area contributed by atoms with Crippen LogP contribution in [0.5, 0.6) is 0 Å². The lowest BCUT2D eigenvalue weighted by molar-refractivity contribution is -0.380. The molecule has 29 nitrogen and oxygen atoms in total. The summed E-state index contributed by atoms with van der Waals surface area (Å²) >= 11 is 0. The molecule has 0 aromatic heterocycles. The van der Waals surface area contributed by atoms with Gasteiger partial charge in [-0.1, -0.05) is 53.2 Å². The first-order chi connectivity index (χ1) is 41.6. The molecule has 35 atom stereocenters. The SMILES string of the molecule is C[C@H](CC[C@@H](O[C@@H]1O[C@H](CO[C@@H]2O[C@H](CO)[C@@H](O)[C@H](O)[C@H]2O)[C@@H](O)[C@H](O)[C@H]1O[C@H]1O[C@@H](CO)[C@H](O)[C@@H](O)[C@@H]1O)C(C)(C)O)C1CC[C@@]2(C)C3CC=C4C(CC[C@H](O[C@@H]5O[C@H](CO[C@@H]6O[C@H](CO)[C@@H](O)[C@H](O)[C@H]6O)[C@@H](O)[C@H](O)[C@H]5O)C4(C)C)[C@]3(C)[C@H](O)C[C@]12C. The summed E-state index contributed by atoms with van der Waals surface area (Å²) in [7, 11) is 0. The molecule has 516 valence electrons. The molecular formula is C60H102O29. The minimum atomic E-state index is -1.96. The first-order valence-corrected chi connectivity index (χ1v) is 31.6. The van der Waals surface area contributed by atoms with Gasteiger partial charge in [-0.25, -0.2) is 0 Å². The molecule has 8 fully saturated rings. The van der Waals surface area contributed by atoms with Gasteiger partial charge in [0.1, 0.15) is 122 Å². The van der Waals surface area contributed by atoms with Crippen molar-refractivity contribution in [1.29, 1.82) is 0 Å². The van der Waals surface area contributed by atoms with Gasteiger partial charge in [-0.3, -0.25) is 0 Å². The highest BCUT2D eigenvalue weighted by molar-refractivity contribution is 5.32. The molecule has 19 N–H and O–H groups in total. The Morgan fingerprint density at radius 3 is 1.45 bits per heavy atom. The van der Waals surface area contributed by atoms with Gasteiger partial charge < -0.3 is 144 Å². The Labute approximate surface area is 517 Å². The third kappa shape index (κ3) is 13.1. The number of allylic oxidation sites excluding steroid dienone is 1. The standard InChI is InChI=1S/C60H102O29/c1-23(9-13-35(57(4,5)79)88-55-50(89-54-49(78)43(72)38(67)29(20-63)84-54)45(74)40(69)31(86-55)22-81-52-47(76)42(71)37(66)28(19-62)83-52)24-15-16-58(6)32-12-10-25-26(60(32,8)33(64)17-59(24,58)7)11-14-34(56(25,2)3)87-53-48(77)44(73)39(68)30(85-53)21-80-51-46(75)41(70)36(65)27(18-61)82-51/h10,23-24,26-55,61-79H,9,11-22H2,1-8H3/t23-,24?,26?,27-,28-,29+,30-,31-,32?,33-,34+,35-,36-,37-,38+,39-,40-,41+,42+,43-,44+,45+,46-,47-,48-,49+,50-,51-,52-,53+,54-,55+,58+,59-,60+/m1/s1. The van der Waals surface area contributed by atoms with Crippen molar-refractivity contribution in [3.63, 3.8) is 0 Å². The van der Waals surface area contributed by atoms with Gasteiger partial charge in [-0.2, -0.15) is 0 Å². The molecule has 0 aromatic carbocycles. The first kappa shape index (κ1) is 71.9. The summed E-state index contributed by atoms with van der Waals surface area (Å²) in [4.78, 5) is 0. The van der Waals surface area contributed by atoms with Gasteiger partial charge in [-0.15, -0.1) is 0 Å². The van der Waals surface area contributed by atoms with E-state index < -0.39 is 227 Å². The Morgan fingerprint density at radius 1 is 0.517 bits per heavy atom. The molecule has 5 saturated heterocycles. The molecule has 0 radical (unpaired) electrons. The van der Waals surface area contributed by atoms with E-state index in [2.05, 4.69) is 33.8 Å². The van der Waals surface area contributed by atoms with Crippen LogP contribution >= 0.6 is 0 Å². The Bertz CT molecular complexity index is 2340. The van der Waals surface area contributed by atoms with Crippen LogP contribution in [-0.4, -0.2) is 308 Å². The fourth-order valence-corrected chi connectivity index (χ4v) is 17.0. The second-order valence-corrected chi connectivity index (χ2v) is 28.7. The fourth-order valence-electron chi connectivity index (χ4n) is 17.0. The third-order valence-electron chi connectivity index (χ3n) is 22.9. The molecule has 5 heterocycles. The smallest absolute Gasteiger partial charge is 0.187 e. The van der Waals surface area contributed by atoms with Crippen molar-refractivity contribution in [2.24, 2.45) is 45.3 Å². The second kappa shape index (κ2) is 27.6. The maximum Gasteiger partial charge on any atom is 0.187 e. The zero-order valence-electron chi connectivity index (χ0n) is 51.8. The van der Waals surface area contributed by atoms with Crippen LogP contribution in [0.1, 0.15) is 107 Å². The van der Waals surface area contributed by atoms with Crippen LogP contribution in [0, 0.1) is 45.3 Å². The largest absolute Gasteiger partial charge is 0.394 e. The number of ether oxygens (including phenoxy) is 10. The number of hydrogen-bond donors (Lipinski definition) is 19. The van der Waals surface area contributed by atoms with Crippen LogP contribution in [0.4, 0.5) is 0 Å².